The molecule has 4 rings (SSSR count). The Labute approximate surface area is 331 Å². The topological polar surface area (TPSA) is 347 Å². The summed E-state index contributed by atoms with van der Waals surface area (Å²) in [5, 5.41) is 114. The maximum absolute atomic E-state index is 11.0. The fourth-order valence-corrected chi connectivity index (χ4v) is 6.45. The second kappa shape index (κ2) is 19.4. The van der Waals surface area contributed by atoms with E-state index in [2.05, 4.69) is 9.44 Å². The van der Waals surface area contributed by atoms with Crippen molar-refractivity contribution in [2.45, 2.75) is 97.7 Å². The molecule has 0 amide bonds. The predicted molar refractivity (Wildman–Crippen MR) is 157 cm³/mol. The quantitative estimate of drug-likeness (QED) is 0.0234. The van der Waals surface area contributed by atoms with Gasteiger partial charge in [-0.3, -0.25) is 4.28 Å². The van der Waals surface area contributed by atoms with Crippen LogP contribution in [-0.4, -0.2) is 185 Å². The van der Waals surface area contributed by atoms with E-state index in [-0.39, 0.29) is 68.6 Å². The summed E-state index contributed by atoms with van der Waals surface area (Å²) in [4.78, 5) is 0. The molecule has 3 aliphatic rings. The first-order chi connectivity index (χ1) is 23.1. The maximum Gasteiger partial charge on any atom is 1.00 e. The van der Waals surface area contributed by atoms with Crippen molar-refractivity contribution in [3.63, 3.8) is 0 Å². The molecule has 11 N–H and O–H groups in total. The average Bonchev–Trinajstić information content (AvgIpc) is 3.07. The van der Waals surface area contributed by atoms with E-state index < -0.39 is 121 Å². The van der Waals surface area contributed by atoms with Gasteiger partial charge in [0.05, 0.1) is 19.8 Å². The second-order valence-corrected chi connectivity index (χ2v) is 13.4. The largest absolute Gasteiger partial charge is 1.00 e. The molecule has 1 aromatic carbocycles. The number of ether oxygens (including phenoxy) is 5. The number of rotatable bonds is 12. The van der Waals surface area contributed by atoms with E-state index in [0.717, 1.165) is 0 Å². The Hall–Kier alpha value is -0.214. The molecule has 0 aromatic heterocycles. The predicted octanol–water partition coefficient (Wildman–Crippen LogP) is -9.44. The molecule has 0 saturated carbocycles. The molecule has 0 aliphatic carbocycles. The van der Waals surface area contributed by atoms with E-state index >= 15 is 0 Å². The van der Waals surface area contributed by atoms with Gasteiger partial charge < -0.3 is 84.4 Å². The standard InChI is InChI=1S/C26H39NO20S2.K/c28-6-11-15(31)17(33)20(36)25(43-11)46-23-13(8-30)44-24(21(37)19(23)35)42-10-3-1-9(2-4-10)5-14(27-47-49(39,40)41)48-26-22(38)18(34)16(32)12(7-29)45-26;/h1-4,11-13,15-26,28-38H,5-8H2,(H,39,40,41);/q;+1/p-1/b27-14-;/t11-,12-,13-,15-,16-,17+,18+,19-,20-,21-,22-,23-,24-,25+,26+;/m1./s1. The van der Waals surface area contributed by atoms with Crippen molar-refractivity contribution in [1.82, 2.24) is 0 Å². The van der Waals surface area contributed by atoms with Gasteiger partial charge in [-0.25, -0.2) is 0 Å². The van der Waals surface area contributed by atoms with Gasteiger partial charge in [-0.2, -0.15) is 8.42 Å². The fraction of sp³-hybridized carbons (Fsp3) is 0.731. The third kappa shape index (κ3) is 10.9. The smallest absolute Gasteiger partial charge is 0.714 e. The summed E-state index contributed by atoms with van der Waals surface area (Å²) < 4.78 is 64.5. The zero-order chi connectivity index (χ0) is 36.2. The fourth-order valence-electron chi connectivity index (χ4n) is 5.13. The number of aliphatic hydroxyl groups is 11. The van der Waals surface area contributed by atoms with Gasteiger partial charge in [-0.1, -0.05) is 29.1 Å². The van der Waals surface area contributed by atoms with Gasteiger partial charge >= 0.3 is 51.4 Å². The summed E-state index contributed by atoms with van der Waals surface area (Å²) in [6.07, 6.45) is -23.2. The first-order valence-electron chi connectivity index (χ1n) is 14.6. The van der Waals surface area contributed by atoms with Crippen LogP contribution in [0, 0.1) is 0 Å². The van der Waals surface area contributed by atoms with E-state index in [1.807, 2.05) is 0 Å². The van der Waals surface area contributed by atoms with Crippen molar-refractivity contribution in [2.75, 3.05) is 19.8 Å². The van der Waals surface area contributed by atoms with Crippen LogP contribution in [0.3, 0.4) is 0 Å². The molecule has 0 bridgehead atoms. The molecule has 0 spiro atoms. The number of oxime groups is 1. The van der Waals surface area contributed by atoms with Crippen LogP contribution in [0.2, 0.25) is 0 Å². The first kappa shape index (κ1) is 44.2. The van der Waals surface area contributed by atoms with Gasteiger partial charge in [0, 0.05) is 6.42 Å². The van der Waals surface area contributed by atoms with Crippen LogP contribution in [0.4, 0.5) is 0 Å². The molecule has 0 radical (unpaired) electrons. The van der Waals surface area contributed by atoms with E-state index in [9.17, 15) is 69.1 Å². The molecule has 1 aromatic rings. The molecule has 3 saturated heterocycles. The van der Waals surface area contributed by atoms with Crippen LogP contribution < -0.4 is 56.1 Å². The van der Waals surface area contributed by atoms with E-state index in [4.69, 9.17) is 23.7 Å². The molecule has 3 fully saturated rings. The summed E-state index contributed by atoms with van der Waals surface area (Å²) in [6.45, 7) is -2.28. The van der Waals surface area contributed by atoms with Crippen LogP contribution in [0.25, 0.3) is 0 Å². The molecule has 3 heterocycles. The van der Waals surface area contributed by atoms with Crippen molar-refractivity contribution in [2.24, 2.45) is 5.16 Å². The molecule has 15 atom stereocenters. The number of thioether (sulfide) groups is 1. The van der Waals surface area contributed by atoms with Crippen LogP contribution in [0.15, 0.2) is 29.4 Å². The number of benzene rings is 1. The minimum absolute atomic E-state index is 0. The maximum atomic E-state index is 11.0. The Morgan fingerprint density at radius 3 is 1.80 bits per heavy atom. The number of hydrogen-bond acceptors (Lipinski definition) is 22. The molecule has 0 unspecified atom stereocenters. The van der Waals surface area contributed by atoms with Gasteiger partial charge in [0.25, 0.3) is 10.4 Å². The van der Waals surface area contributed by atoms with Crippen LogP contribution in [-0.2, 0) is 40.1 Å². The van der Waals surface area contributed by atoms with Gasteiger partial charge in [-0.05, 0) is 17.7 Å². The molecule has 24 heteroatoms. The molecular formula is C26H38KNO20S2. The van der Waals surface area contributed by atoms with Crippen LogP contribution in [0.1, 0.15) is 5.56 Å². The minimum atomic E-state index is -5.30. The van der Waals surface area contributed by atoms with Crippen LogP contribution in [0.5, 0.6) is 5.75 Å². The summed E-state index contributed by atoms with van der Waals surface area (Å²) in [7, 11) is -5.30. The van der Waals surface area contributed by atoms with E-state index in [1.54, 1.807) is 0 Å². The van der Waals surface area contributed by atoms with Crippen molar-refractivity contribution >= 4 is 27.2 Å². The number of nitrogens with zero attached hydrogens (tertiary/aromatic N) is 1. The zero-order valence-corrected chi connectivity index (χ0v) is 30.9. The monoisotopic (exact) mass is 787 g/mol. The summed E-state index contributed by atoms with van der Waals surface area (Å²) in [5.41, 5.74) is -1.01. The second-order valence-electron chi connectivity index (χ2n) is 11.2. The molecule has 50 heavy (non-hydrogen) atoms. The minimum Gasteiger partial charge on any atom is -0.714 e. The average molecular weight is 788 g/mol. The molecular weight excluding hydrogens is 750 g/mol. The van der Waals surface area contributed by atoms with E-state index in [1.165, 1.54) is 24.3 Å². The Kier molecular flexibility index (Phi) is 17.1. The molecule has 21 nitrogen and oxygen atoms in total. The Balaban J connectivity index is 0.00000676. The van der Waals surface area contributed by atoms with E-state index in [0.29, 0.717) is 17.3 Å². The Morgan fingerprint density at radius 1 is 0.720 bits per heavy atom. The zero-order valence-electron chi connectivity index (χ0n) is 26.2. The molecule has 280 valence electrons. The van der Waals surface area contributed by atoms with Crippen molar-refractivity contribution < 1.29 is 148 Å². The van der Waals surface area contributed by atoms with Crippen LogP contribution >= 0.6 is 11.8 Å². The van der Waals surface area contributed by atoms with Gasteiger partial charge in [0.1, 0.15) is 89.5 Å². The normalized spacial score (nSPS) is 39.8. The Bertz CT molecular complexity index is 1340. The van der Waals surface area contributed by atoms with Gasteiger partial charge in [-0.15, -0.1) is 0 Å². The van der Waals surface area contributed by atoms with Gasteiger partial charge in [0.2, 0.25) is 6.29 Å². The summed E-state index contributed by atoms with van der Waals surface area (Å²) in [6, 6.07) is 5.54. The Morgan fingerprint density at radius 2 is 1.24 bits per heavy atom. The summed E-state index contributed by atoms with van der Waals surface area (Å²) >= 11 is 0.541. The van der Waals surface area contributed by atoms with Crippen molar-refractivity contribution in [3.8, 4) is 5.75 Å². The third-order valence-corrected chi connectivity index (χ3v) is 9.19. The SMILES string of the molecule is O=S(=O)([O-])O/N=C(/Cc1ccc(O[C@@H]2O[C@H](CO)[C@@H](O[C@@H]3O[C@H](CO)[C@@H](O)[C@H](O)[C@H]3O)[C@H](O)[C@H]2O)cc1)S[C@@H]1O[C@H](CO)[C@@H](O)[C@H](O)[C@H]1O.[K+]. The first-order valence-corrected chi connectivity index (χ1v) is 16.8. The molecule has 3 aliphatic heterocycles. The third-order valence-electron chi connectivity index (χ3n) is 7.82. The number of aliphatic hydroxyl groups excluding tert-OH is 11. The number of hydrogen-bond donors (Lipinski definition) is 11. The van der Waals surface area contributed by atoms with Gasteiger partial charge in [0.15, 0.2) is 6.29 Å². The summed E-state index contributed by atoms with van der Waals surface area (Å²) in [5.74, 6) is 0.0449. The van der Waals surface area contributed by atoms with Crippen molar-refractivity contribution in [1.29, 1.82) is 0 Å². The van der Waals surface area contributed by atoms with Crippen molar-refractivity contribution in [3.05, 3.63) is 29.8 Å².